The van der Waals surface area contributed by atoms with Gasteiger partial charge in [0.05, 0.1) is 0 Å². The molecule has 0 aliphatic carbocycles. The summed E-state index contributed by atoms with van der Waals surface area (Å²) < 4.78 is 0. The Morgan fingerprint density at radius 1 is 0.792 bits per heavy atom. The van der Waals surface area contributed by atoms with Crippen molar-refractivity contribution in [3.8, 4) is 22.3 Å². The van der Waals surface area contributed by atoms with Gasteiger partial charge in [0, 0.05) is 5.57 Å². The van der Waals surface area contributed by atoms with Gasteiger partial charge in [-0.25, -0.2) is 4.79 Å². The van der Waals surface area contributed by atoms with E-state index in [1.807, 2.05) is 48.5 Å². The molecule has 0 aliphatic rings. The third-order valence-corrected chi connectivity index (χ3v) is 3.95. The maximum Gasteiger partial charge on any atom is 0.331 e. The van der Waals surface area contributed by atoms with Crippen LogP contribution in [0, 0.1) is 0 Å². The van der Waals surface area contributed by atoms with E-state index in [-0.39, 0.29) is 0 Å². The van der Waals surface area contributed by atoms with Crippen molar-refractivity contribution in [3.63, 3.8) is 0 Å². The lowest BCUT2D eigenvalue weighted by Gasteiger charge is -2.14. The van der Waals surface area contributed by atoms with Gasteiger partial charge >= 0.3 is 5.97 Å². The number of carboxylic acids is 1. The van der Waals surface area contributed by atoms with Gasteiger partial charge in [0.1, 0.15) is 0 Å². The van der Waals surface area contributed by atoms with Crippen molar-refractivity contribution < 1.29 is 9.90 Å². The minimum Gasteiger partial charge on any atom is -0.478 e. The topological polar surface area (TPSA) is 37.3 Å². The molecular formula is C22H18O2. The third kappa shape index (κ3) is 3.28. The van der Waals surface area contributed by atoms with Gasteiger partial charge in [-0.15, -0.1) is 0 Å². The van der Waals surface area contributed by atoms with Crippen molar-refractivity contribution >= 4 is 12.0 Å². The SMILES string of the molecule is CC(=Cc1cccc(-c2ccccc2)c1-c1ccccc1)C(=O)O. The Balaban J connectivity index is 2.28. The Labute approximate surface area is 141 Å². The molecule has 0 fully saturated rings. The maximum atomic E-state index is 11.2. The summed E-state index contributed by atoms with van der Waals surface area (Å²) in [5.41, 5.74) is 5.54. The summed E-state index contributed by atoms with van der Waals surface area (Å²) in [6, 6.07) is 26.2. The van der Waals surface area contributed by atoms with Crippen molar-refractivity contribution in [2.45, 2.75) is 6.92 Å². The minimum absolute atomic E-state index is 0.317. The molecule has 0 atom stereocenters. The minimum atomic E-state index is -0.904. The van der Waals surface area contributed by atoms with Gasteiger partial charge in [-0.1, -0.05) is 78.9 Å². The van der Waals surface area contributed by atoms with Gasteiger partial charge in [-0.3, -0.25) is 0 Å². The summed E-state index contributed by atoms with van der Waals surface area (Å²) in [6.07, 6.45) is 1.73. The van der Waals surface area contributed by atoms with Crippen LogP contribution in [0.1, 0.15) is 12.5 Å². The van der Waals surface area contributed by atoms with Crippen LogP contribution in [0.2, 0.25) is 0 Å². The van der Waals surface area contributed by atoms with E-state index in [9.17, 15) is 9.90 Å². The van der Waals surface area contributed by atoms with Gasteiger partial charge in [-0.05, 0) is 40.8 Å². The zero-order valence-electron chi connectivity index (χ0n) is 13.4. The second-order valence-electron chi connectivity index (χ2n) is 5.63. The lowest BCUT2D eigenvalue weighted by Crippen LogP contribution is -1.97. The van der Waals surface area contributed by atoms with E-state index in [0.717, 1.165) is 27.8 Å². The van der Waals surface area contributed by atoms with E-state index in [1.165, 1.54) is 0 Å². The zero-order chi connectivity index (χ0) is 16.9. The molecule has 0 aliphatic heterocycles. The van der Waals surface area contributed by atoms with Crippen molar-refractivity contribution in [2.24, 2.45) is 0 Å². The second kappa shape index (κ2) is 6.97. The predicted molar refractivity (Wildman–Crippen MR) is 98.6 cm³/mol. The number of hydrogen-bond acceptors (Lipinski definition) is 1. The van der Waals surface area contributed by atoms with E-state index in [1.54, 1.807) is 13.0 Å². The molecule has 3 aromatic carbocycles. The van der Waals surface area contributed by atoms with Gasteiger partial charge in [0.15, 0.2) is 0 Å². The van der Waals surface area contributed by atoms with Crippen LogP contribution in [0.5, 0.6) is 0 Å². The molecule has 1 N–H and O–H groups in total. The molecule has 0 spiro atoms. The zero-order valence-corrected chi connectivity index (χ0v) is 13.4. The number of hydrogen-bond donors (Lipinski definition) is 1. The molecule has 0 bridgehead atoms. The Morgan fingerprint density at radius 2 is 1.38 bits per heavy atom. The van der Waals surface area contributed by atoms with Gasteiger partial charge in [-0.2, -0.15) is 0 Å². The first kappa shape index (κ1) is 15.8. The van der Waals surface area contributed by atoms with E-state index in [0.29, 0.717) is 5.57 Å². The number of carbonyl (C=O) groups is 1. The number of carboxylic acid groups (broad SMARTS) is 1. The molecule has 0 saturated heterocycles. The smallest absolute Gasteiger partial charge is 0.331 e. The van der Waals surface area contributed by atoms with Crippen molar-refractivity contribution in [1.82, 2.24) is 0 Å². The summed E-state index contributed by atoms with van der Waals surface area (Å²) in [4.78, 5) is 11.2. The summed E-state index contributed by atoms with van der Waals surface area (Å²) in [7, 11) is 0. The Kier molecular flexibility index (Phi) is 4.57. The molecule has 0 radical (unpaired) electrons. The van der Waals surface area contributed by atoms with Crippen LogP contribution in [0.4, 0.5) is 0 Å². The first-order valence-corrected chi connectivity index (χ1v) is 7.82. The molecule has 2 nitrogen and oxygen atoms in total. The first-order valence-electron chi connectivity index (χ1n) is 7.82. The van der Waals surface area contributed by atoms with Crippen molar-refractivity contribution in [3.05, 3.63) is 90.0 Å². The largest absolute Gasteiger partial charge is 0.478 e. The lowest BCUT2D eigenvalue weighted by atomic mass is 9.90. The summed E-state index contributed by atoms with van der Waals surface area (Å²) in [5.74, 6) is -0.904. The highest BCUT2D eigenvalue weighted by atomic mass is 16.4. The van der Waals surface area contributed by atoms with E-state index in [4.69, 9.17) is 0 Å². The van der Waals surface area contributed by atoms with Gasteiger partial charge < -0.3 is 5.11 Å². The predicted octanol–water partition coefficient (Wildman–Crippen LogP) is 5.51. The van der Waals surface area contributed by atoms with Crippen molar-refractivity contribution in [1.29, 1.82) is 0 Å². The van der Waals surface area contributed by atoms with Crippen LogP contribution in [-0.2, 0) is 4.79 Å². The van der Waals surface area contributed by atoms with Crippen LogP contribution in [0.15, 0.2) is 84.4 Å². The number of rotatable bonds is 4. The highest BCUT2D eigenvalue weighted by Crippen LogP contribution is 2.35. The first-order chi connectivity index (χ1) is 11.7. The lowest BCUT2D eigenvalue weighted by molar-refractivity contribution is -0.132. The average molecular weight is 314 g/mol. The Bertz CT molecular complexity index is 878. The number of aliphatic carboxylic acids is 1. The van der Waals surface area contributed by atoms with Crippen LogP contribution in [0.3, 0.4) is 0 Å². The third-order valence-electron chi connectivity index (χ3n) is 3.95. The van der Waals surface area contributed by atoms with Crippen LogP contribution < -0.4 is 0 Å². The molecular weight excluding hydrogens is 296 g/mol. The van der Waals surface area contributed by atoms with Crippen LogP contribution in [-0.4, -0.2) is 11.1 Å². The fraction of sp³-hybridized carbons (Fsp3) is 0.0455. The molecule has 3 aromatic rings. The van der Waals surface area contributed by atoms with Gasteiger partial charge in [0.2, 0.25) is 0 Å². The molecule has 2 heteroatoms. The molecule has 3 rings (SSSR count). The molecule has 24 heavy (non-hydrogen) atoms. The summed E-state index contributed by atoms with van der Waals surface area (Å²) >= 11 is 0. The fourth-order valence-electron chi connectivity index (χ4n) is 2.77. The summed E-state index contributed by atoms with van der Waals surface area (Å²) in [5, 5.41) is 9.22. The molecule has 0 heterocycles. The highest BCUT2D eigenvalue weighted by Gasteiger charge is 2.12. The standard InChI is InChI=1S/C22H18O2/c1-16(22(23)24)15-19-13-8-14-20(17-9-4-2-5-10-17)21(19)18-11-6-3-7-12-18/h2-15H,1H3,(H,23,24). The van der Waals surface area contributed by atoms with Crippen LogP contribution in [0.25, 0.3) is 28.3 Å². The molecule has 0 saturated carbocycles. The average Bonchev–Trinajstić information content (AvgIpc) is 2.63. The molecule has 0 aromatic heterocycles. The van der Waals surface area contributed by atoms with Gasteiger partial charge in [0.25, 0.3) is 0 Å². The fourth-order valence-corrected chi connectivity index (χ4v) is 2.77. The quantitative estimate of drug-likeness (QED) is 0.645. The molecule has 118 valence electrons. The number of benzene rings is 3. The summed E-state index contributed by atoms with van der Waals surface area (Å²) in [6.45, 7) is 1.62. The van der Waals surface area contributed by atoms with E-state index < -0.39 is 5.97 Å². The van der Waals surface area contributed by atoms with E-state index in [2.05, 4.69) is 30.3 Å². The monoisotopic (exact) mass is 314 g/mol. The maximum absolute atomic E-state index is 11.2. The molecule has 0 unspecified atom stereocenters. The Hall–Kier alpha value is -3.13. The molecule has 0 amide bonds. The second-order valence-corrected chi connectivity index (χ2v) is 5.63. The normalized spacial score (nSPS) is 11.3. The van der Waals surface area contributed by atoms with Crippen molar-refractivity contribution in [2.75, 3.05) is 0 Å². The van der Waals surface area contributed by atoms with Crippen LogP contribution >= 0.6 is 0 Å². The van der Waals surface area contributed by atoms with E-state index >= 15 is 0 Å². The highest BCUT2D eigenvalue weighted by molar-refractivity contribution is 5.96. The Morgan fingerprint density at radius 3 is 1.96 bits per heavy atom.